The Bertz CT molecular complexity index is 658. The maximum atomic E-state index is 5.80. The van der Waals surface area contributed by atoms with Gasteiger partial charge in [0, 0.05) is 5.39 Å². The second kappa shape index (κ2) is 3.65. The number of hydrogen-bond acceptors (Lipinski definition) is 1. The molecule has 0 bridgehead atoms. The summed E-state index contributed by atoms with van der Waals surface area (Å²) in [7, 11) is 0. The number of rotatable bonds is 1. The predicted octanol–water partition coefficient (Wildman–Crippen LogP) is 4.19. The Kier molecular flexibility index (Phi) is 2.27. The minimum absolute atomic E-state index is 0.592. The minimum Gasteiger partial charge on any atom is -0.340 e. The van der Waals surface area contributed by atoms with E-state index in [1.165, 1.54) is 0 Å². The van der Waals surface area contributed by atoms with E-state index in [1.807, 2.05) is 24.3 Å². The van der Waals surface area contributed by atoms with Gasteiger partial charge in [0.1, 0.15) is 5.82 Å². The quantitative estimate of drug-likeness (QED) is 0.645. The van der Waals surface area contributed by atoms with Crippen LogP contribution >= 0.6 is 23.2 Å². The zero-order valence-corrected chi connectivity index (χ0v) is 9.76. The van der Waals surface area contributed by atoms with Crippen LogP contribution in [0.2, 0.25) is 0 Å². The molecule has 3 rings (SSSR count). The lowest BCUT2D eigenvalue weighted by atomic mass is 10.1. The summed E-state index contributed by atoms with van der Waals surface area (Å²) >= 11 is 11.6. The number of fused-ring (bicyclic) bond motifs is 3. The van der Waals surface area contributed by atoms with Gasteiger partial charge < -0.3 is 4.98 Å². The number of alkyl halides is 2. The predicted molar refractivity (Wildman–Crippen MR) is 68.0 cm³/mol. The van der Waals surface area contributed by atoms with Gasteiger partial charge in [0.05, 0.1) is 11.0 Å². The van der Waals surface area contributed by atoms with Crippen molar-refractivity contribution in [1.29, 1.82) is 0 Å². The van der Waals surface area contributed by atoms with Gasteiger partial charge in [-0.1, -0.05) is 53.5 Å². The molecule has 1 aromatic heterocycles. The lowest BCUT2D eigenvalue weighted by Gasteiger charge is -1.96. The molecular weight excluding hydrogens is 243 g/mol. The van der Waals surface area contributed by atoms with Gasteiger partial charge in [0.2, 0.25) is 0 Å². The van der Waals surface area contributed by atoms with Crippen molar-refractivity contribution in [1.82, 2.24) is 9.97 Å². The monoisotopic (exact) mass is 250 g/mol. The summed E-state index contributed by atoms with van der Waals surface area (Å²) < 4.78 is 0. The molecule has 0 fully saturated rings. The van der Waals surface area contributed by atoms with Crippen molar-refractivity contribution in [2.24, 2.45) is 0 Å². The molecule has 16 heavy (non-hydrogen) atoms. The van der Waals surface area contributed by atoms with Crippen molar-refractivity contribution in [2.75, 3.05) is 0 Å². The van der Waals surface area contributed by atoms with Gasteiger partial charge in [-0.15, -0.1) is 0 Å². The number of hydrogen-bond donors (Lipinski definition) is 1. The van der Waals surface area contributed by atoms with E-state index in [9.17, 15) is 0 Å². The largest absolute Gasteiger partial charge is 0.340 e. The van der Waals surface area contributed by atoms with E-state index in [2.05, 4.69) is 22.1 Å². The number of aromatic nitrogens is 2. The van der Waals surface area contributed by atoms with Crippen LogP contribution in [0, 0.1) is 0 Å². The average Bonchev–Trinajstić information content (AvgIpc) is 2.73. The second-order valence-electron chi connectivity index (χ2n) is 3.61. The van der Waals surface area contributed by atoms with E-state index in [1.54, 1.807) is 0 Å². The van der Waals surface area contributed by atoms with Crippen molar-refractivity contribution in [2.45, 2.75) is 4.84 Å². The van der Waals surface area contributed by atoms with E-state index in [0.29, 0.717) is 5.82 Å². The van der Waals surface area contributed by atoms with E-state index in [-0.39, 0.29) is 0 Å². The normalized spacial score (nSPS) is 11.7. The molecular formula is C12H8Cl2N2. The number of nitrogens with zero attached hydrogens (tertiary/aromatic N) is 1. The van der Waals surface area contributed by atoms with Crippen LogP contribution in [-0.4, -0.2) is 9.97 Å². The third kappa shape index (κ3) is 1.46. The Morgan fingerprint density at radius 1 is 1.06 bits per heavy atom. The number of nitrogens with one attached hydrogen (secondary N) is 1. The van der Waals surface area contributed by atoms with Gasteiger partial charge in [-0.25, -0.2) is 4.98 Å². The van der Waals surface area contributed by atoms with Crippen LogP contribution < -0.4 is 0 Å². The molecule has 0 amide bonds. The molecule has 80 valence electrons. The van der Waals surface area contributed by atoms with Crippen LogP contribution in [0.3, 0.4) is 0 Å². The fraction of sp³-hybridized carbons (Fsp3) is 0.0833. The highest BCUT2D eigenvalue weighted by Crippen LogP contribution is 2.28. The first kappa shape index (κ1) is 9.94. The Morgan fingerprint density at radius 2 is 1.88 bits per heavy atom. The molecule has 0 saturated heterocycles. The standard InChI is InChI=1S/C12H8Cl2N2/c13-11(14)12-15-9-6-5-7-3-1-2-4-8(7)10(9)16-12/h1-6,11H,(H,15,16). The van der Waals surface area contributed by atoms with Gasteiger partial charge in [0.15, 0.2) is 4.84 Å². The van der Waals surface area contributed by atoms with E-state index in [4.69, 9.17) is 23.2 Å². The molecule has 2 aromatic carbocycles. The van der Waals surface area contributed by atoms with Crippen LogP contribution in [-0.2, 0) is 0 Å². The third-order valence-electron chi connectivity index (χ3n) is 2.60. The zero-order chi connectivity index (χ0) is 11.1. The summed E-state index contributed by atoms with van der Waals surface area (Å²) in [4.78, 5) is 6.91. The third-order valence-corrected chi connectivity index (χ3v) is 3.02. The molecule has 0 saturated carbocycles. The minimum atomic E-state index is -0.619. The average molecular weight is 251 g/mol. The first-order valence-corrected chi connectivity index (χ1v) is 5.78. The molecule has 0 atom stereocenters. The van der Waals surface area contributed by atoms with Gasteiger partial charge in [-0.05, 0) is 11.5 Å². The molecule has 1 N–H and O–H groups in total. The van der Waals surface area contributed by atoms with Crippen molar-refractivity contribution in [3.8, 4) is 0 Å². The van der Waals surface area contributed by atoms with Gasteiger partial charge >= 0.3 is 0 Å². The number of imidazole rings is 1. The number of aromatic amines is 1. The van der Waals surface area contributed by atoms with Crippen LogP contribution in [0.15, 0.2) is 36.4 Å². The van der Waals surface area contributed by atoms with Gasteiger partial charge in [-0.3, -0.25) is 0 Å². The molecule has 0 spiro atoms. The maximum Gasteiger partial charge on any atom is 0.165 e. The second-order valence-corrected chi connectivity index (χ2v) is 4.70. The number of benzene rings is 2. The highest BCUT2D eigenvalue weighted by molar-refractivity contribution is 6.43. The molecule has 1 heterocycles. The Balaban J connectivity index is 2.41. The molecule has 0 aliphatic rings. The molecule has 0 aliphatic heterocycles. The molecule has 3 aromatic rings. The summed E-state index contributed by atoms with van der Waals surface area (Å²) in [6.45, 7) is 0. The topological polar surface area (TPSA) is 28.7 Å². The molecule has 0 radical (unpaired) electrons. The summed E-state index contributed by atoms with van der Waals surface area (Å²) in [6.07, 6.45) is 0. The van der Waals surface area contributed by atoms with Gasteiger partial charge in [0.25, 0.3) is 0 Å². The number of halogens is 2. The molecule has 0 unspecified atom stereocenters. The fourth-order valence-electron chi connectivity index (χ4n) is 1.87. The lowest BCUT2D eigenvalue weighted by Crippen LogP contribution is -1.82. The van der Waals surface area contributed by atoms with Crippen LogP contribution in [0.5, 0.6) is 0 Å². The smallest absolute Gasteiger partial charge is 0.165 e. The number of H-pyrrole nitrogens is 1. The van der Waals surface area contributed by atoms with Crippen molar-refractivity contribution in [3.05, 3.63) is 42.2 Å². The summed E-state index contributed by atoms with van der Waals surface area (Å²) in [5.74, 6) is 0.592. The van der Waals surface area contributed by atoms with Crippen molar-refractivity contribution >= 4 is 45.0 Å². The van der Waals surface area contributed by atoms with E-state index < -0.39 is 4.84 Å². The Hall–Kier alpha value is -1.25. The Morgan fingerprint density at radius 3 is 2.69 bits per heavy atom. The maximum absolute atomic E-state index is 5.80. The van der Waals surface area contributed by atoms with Crippen molar-refractivity contribution in [3.63, 3.8) is 0 Å². The Labute approximate surface area is 102 Å². The zero-order valence-electron chi connectivity index (χ0n) is 8.24. The summed E-state index contributed by atoms with van der Waals surface area (Å²) in [6, 6.07) is 12.1. The van der Waals surface area contributed by atoms with Crippen LogP contribution in [0.4, 0.5) is 0 Å². The SMILES string of the molecule is ClC(Cl)c1nc2c(ccc3ccccc32)[nH]1. The highest BCUT2D eigenvalue weighted by atomic mass is 35.5. The first-order chi connectivity index (χ1) is 7.75. The van der Waals surface area contributed by atoms with Crippen LogP contribution in [0.1, 0.15) is 10.7 Å². The first-order valence-electron chi connectivity index (χ1n) is 4.91. The summed E-state index contributed by atoms with van der Waals surface area (Å²) in [5, 5.41) is 2.27. The molecule has 0 aliphatic carbocycles. The van der Waals surface area contributed by atoms with Crippen molar-refractivity contribution < 1.29 is 0 Å². The molecule has 2 nitrogen and oxygen atoms in total. The highest BCUT2D eigenvalue weighted by Gasteiger charge is 2.11. The van der Waals surface area contributed by atoms with E-state index in [0.717, 1.165) is 21.8 Å². The van der Waals surface area contributed by atoms with E-state index >= 15 is 0 Å². The molecule has 4 heteroatoms. The van der Waals surface area contributed by atoms with Gasteiger partial charge in [-0.2, -0.15) is 0 Å². The summed E-state index contributed by atoms with van der Waals surface area (Å²) in [5.41, 5.74) is 1.87. The fourth-order valence-corrected chi connectivity index (χ4v) is 2.07. The van der Waals surface area contributed by atoms with Crippen LogP contribution in [0.25, 0.3) is 21.8 Å². The lowest BCUT2D eigenvalue weighted by molar-refractivity contribution is 1.11.